The lowest BCUT2D eigenvalue weighted by atomic mass is 9.63. The number of hydrogen-bond donors (Lipinski definition) is 3. The second kappa shape index (κ2) is 8.67. The number of rotatable bonds is 4. The molecule has 0 unspecified atom stereocenters. The molecule has 14 heteroatoms. The highest BCUT2D eigenvalue weighted by Crippen LogP contribution is 2.54. The second-order valence-electron chi connectivity index (χ2n) is 11.0. The van der Waals surface area contributed by atoms with Crippen LogP contribution in [0.5, 0.6) is 5.75 Å². The Morgan fingerprint density at radius 1 is 1.14 bits per heavy atom. The summed E-state index contributed by atoms with van der Waals surface area (Å²) in [7, 11) is 0. The number of nitrogens with zero attached hydrogens (tertiary/aromatic N) is 3. The van der Waals surface area contributed by atoms with Crippen LogP contribution in [-0.4, -0.2) is 43.9 Å². The van der Waals surface area contributed by atoms with Crippen LogP contribution in [0.2, 0.25) is 0 Å². The molecule has 0 saturated heterocycles. The lowest BCUT2D eigenvalue weighted by Crippen LogP contribution is -2.66. The van der Waals surface area contributed by atoms with Crippen molar-refractivity contribution in [2.45, 2.75) is 55.3 Å². The molecule has 1 amide bonds. The van der Waals surface area contributed by atoms with Gasteiger partial charge in [0.25, 0.3) is 5.91 Å². The predicted molar refractivity (Wildman–Crippen MR) is 135 cm³/mol. The van der Waals surface area contributed by atoms with Gasteiger partial charge in [-0.25, -0.2) is 9.37 Å². The summed E-state index contributed by atoms with van der Waals surface area (Å²) in [5.41, 5.74) is 3.26. The van der Waals surface area contributed by atoms with Gasteiger partial charge in [0.15, 0.2) is 5.60 Å². The summed E-state index contributed by atoms with van der Waals surface area (Å²) in [6, 6.07) is 9.45. The number of nitrogens with two attached hydrogens (primary N) is 1. The Balaban J connectivity index is 1.28. The number of pyridine rings is 1. The van der Waals surface area contributed by atoms with E-state index in [1.165, 1.54) is 24.4 Å². The number of hydrogen-bond acceptors (Lipinski definition) is 6. The Kier molecular flexibility index (Phi) is 5.52. The molecular formula is C28H21F6N5O3. The molecule has 1 aliphatic carbocycles. The first-order valence-electron chi connectivity index (χ1n) is 12.9. The van der Waals surface area contributed by atoms with Crippen molar-refractivity contribution in [1.82, 2.24) is 19.9 Å². The number of amides is 1. The van der Waals surface area contributed by atoms with Crippen molar-refractivity contribution >= 4 is 16.9 Å². The van der Waals surface area contributed by atoms with Crippen LogP contribution in [0.3, 0.4) is 0 Å². The molecular weight excluding hydrogens is 568 g/mol. The number of nitrogens with one attached hydrogen (secondary N) is 1. The fourth-order valence-electron chi connectivity index (χ4n) is 6.51. The van der Waals surface area contributed by atoms with Gasteiger partial charge in [-0.2, -0.15) is 22.0 Å². The lowest BCUT2D eigenvalue weighted by Gasteiger charge is -2.51. The minimum atomic E-state index is -4.90. The molecule has 2 aromatic heterocycles. The van der Waals surface area contributed by atoms with Crippen molar-refractivity contribution in [3.8, 4) is 16.9 Å². The molecule has 7 rings (SSSR count). The van der Waals surface area contributed by atoms with Gasteiger partial charge in [-0.15, -0.1) is 0 Å². The average Bonchev–Trinajstić information content (AvgIpc) is 3.38. The van der Waals surface area contributed by atoms with E-state index in [0.29, 0.717) is 40.0 Å². The Bertz CT molecular complexity index is 1780. The molecule has 2 aromatic carbocycles. The van der Waals surface area contributed by atoms with Crippen LogP contribution in [0.25, 0.3) is 22.2 Å². The zero-order valence-corrected chi connectivity index (χ0v) is 21.4. The van der Waals surface area contributed by atoms with Crippen LogP contribution < -0.4 is 15.8 Å². The van der Waals surface area contributed by atoms with E-state index < -0.39 is 60.6 Å². The fourth-order valence-corrected chi connectivity index (χ4v) is 6.51. The normalized spacial score (nSPS) is 26.5. The van der Waals surface area contributed by atoms with Crippen molar-refractivity contribution in [2.75, 3.05) is 0 Å². The first kappa shape index (κ1) is 26.7. The number of fused-ring (bicyclic) bond motifs is 9. The molecule has 8 nitrogen and oxygen atoms in total. The molecule has 42 heavy (non-hydrogen) atoms. The Morgan fingerprint density at radius 3 is 2.60 bits per heavy atom. The highest BCUT2D eigenvalue weighted by atomic mass is 19.4. The standard InChI is InChI=1S/C28H21F6N5O3/c29-15-6-13(9-36-22(15)26(35)10-27(41,11-26)28(32,33)34)12-4-5-16-18(7-12)39-19-8-17(23(39)37-16)38-24(40)14-2-1-3-20(21(14)19)42-25(30)31/h1-7,9,17,19,25,41H,8,10-11,35H2,(H,38,40)/t17-,19+,26-,27+/m1/s1. The van der Waals surface area contributed by atoms with Crippen LogP contribution in [0, 0.1) is 5.82 Å². The number of benzene rings is 2. The number of halogens is 6. The molecule has 4 heterocycles. The van der Waals surface area contributed by atoms with Gasteiger partial charge in [0.2, 0.25) is 0 Å². The molecule has 2 bridgehead atoms. The van der Waals surface area contributed by atoms with Crippen molar-refractivity contribution in [2.24, 2.45) is 5.73 Å². The summed E-state index contributed by atoms with van der Waals surface area (Å²) in [5.74, 6) is -0.962. The van der Waals surface area contributed by atoms with Gasteiger partial charge in [-0.1, -0.05) is 12.1 Å². The number of carbonyl (C=O) groups excluding carboxylic acids is 1. The van der Waals surface area contributed by atoms with Gasteiger partial charge >= 0.3 is 12.8 Å². The van der Waals surface area contributed by atoms with Gasteiger partial charge in [0.05, 0.1) is 34.3 Å². The van der Waals surface area contributed by atoms with Crippen molar-refractivity contribution in [3.63, 3.8) is 0 Å². The SMILES string of the molecule is N[C@]1(c2ncc(-c3ccc4nc5n(c4c3)[C@H]3C[C@H]5NC(=O)c4cccc(OC(F)F)c43)cc2F)C[C@@](O)(C(F)(F)F)C1. The van der Waals surface area contributed by atoms with Gasteiger partial charge in [-0.05, 0) is 42.3 Å². The lowest BCUT2D eigenvalue weighted by molar-refractivity contribution is -0.304. The van der Waals surface area contributed by atoms with E-state index in [2.05, 4.69) is 15.3 Å². The zero-order chi connectivity index (χ0) is 29.8. The van der Waals surface area contributed by atoms with Crippen molar-refractivity contribution in [1.29, 1.82) is 0 Å². The first-order chi connectivity index (χ1) is 19.8. The van der Waals surface area contributed by atoms with Crippen LogP contribution >= 0.6 is 0 Å². The zero-order valence-electron chi connectivity index (χ0n) is 21.4. The third-order valence-corrected chi connectivity index (χ3v) is 8.35. The van der Waals surface area contributed by atoms with Crippen molar-refractivity contribution < 1.29 is 41.0 Å². The minimum absolute atomic E-state index is 0.125. The molecule has 0 spiro atoms. The van der Waals surface area contributed by atoms with E-state index in [4.69, 9.17) is 10.5 Å². The number of aliphatic hydroxyl groups is 1. The topological polar surface area (TPSA) is 115 Å². The highest BCUT2D eigenvalue weighted by Gasteiger charge is 2.67. The molecule has 2 atom stereocenters. The van der Waals surface area contributed by atoms with E-state index in [1.54, 1.807) is 18.2 Å². The van der Waals surface area contributed by atoms with Gasteiger partial charge in [0.1, 0.15) is 17.4 Å². The molecule has 2 aliphatic heterocycles. The number of ether oxygens (including phenoxy) is 1. The van der Waals surface area contributed by atoms with Crippen LogP contribution in [0.15, 0.2) is 48.7 Å². The molecule has 3 aliphatic rings. The summed E-state index contributed by atoms with van der Waals surface area (Å²) >= 11 is 0. The smallest absolute Gasteiger partial charge is 0.417 e. The molecule has 218 valence electrons. The molecule has 1 saturated carbocycles. The second-order valence-corrected chi connectivity index (χ2v) is 11.0. The summed E-state index contributed by atoms with van der Waals surface area (Å²) in [5, 5.41) is 12.7. The summed E-state index contributed by atoms with van der Waals surface area (Å²) in [4.78, 5) is 21.6. The third-order valence-electron chi connectivity index (χ3n) is 8.35. The Labute approximate surface area is 233 Å². The maximum atomic E-state index is 15.2. The van der Waals surface area contributed by atoms with E-state index >= 15 is 4.39 Å². The molecule has 0 radical (unpaired) electrons. The largest absolute Gasteiger partial charge is 0.434 e. The Morgan fingerprint density at radius 2 is 1.90 bits per heavy atom. The van der Waals surface area contributed by atoms with Gasteiger partial charge in [-0.3, -0.25) is 9.78 Å². The summed E-state index contributed by atoms with van der Waals surface area (Å²) < 4.78 is 87.7. The maximum Gasteiger partial charge on any atom is 0.417 e. The number of carbonyl (C=O) groups is 1. The fraction of sp³-hybridized carbons (Fsp3) is 0.321. The van der Waals surface area contributed by atoms with Crippen LogP contribution in [-0.2, 0) is 5.54 Å². The van der Waals surface area contributed by atoms with E-state index in [9.17, 15) is 31.9 Å². The van der Waals surface area contributed by atoms with E-state index in [1.807, 2.05) is 4.57 Å². The Hall–Kier alpha value is -4.17. The quantitative estimate of drug-likeness (QED) is 0.293. The molecule has 1 fully saturated rings. The minimum Gasteiger partial charge on any atom is -0.434 e. The van der Waals surface area contributed by atoms with E-state index in [-0.39, 0.29) is 17.0 Å². The molecule has 4 aromatic rings. The third kappa shape index (κ3) is 3.81. The first-order valence-corrected chi connectivity index (χ1v) is 12.9. The van der Waals surface area contributed by atoms with E-state index in [0.717, 1.165) is 6.07 Å². The number of alkyl halides is 5. The monoisotopic (exact) mass is 589 g/mol. The average molecular weight is 589 g/mol. The number of imidazole rings is 1. The summed E-state index contributed by atoms with van der Waals surface area (Å²) in [6.45, 7) is -3.11. The van der Waals surface area contributed by atoms with Gasteiger partial charge < -0.3 is 25.5 Å². The maximum absolute atomic E-state index is 15.2. The van der Waals surface area contributed by atoms with Crippen molar-refractivity contribution in [3.05, 3.63) is 77.1 Å². The number of aromatic nitrogens is 3. The summed E-state index contributed by atoms with van der Waals surface area (Å²) in [6.07, 6.45) is -5.11. The molecule has 4 N–H and O–H groups in total. The van der Waals surface area contributed by atoms with Crippen LogP contribution in [0.4, 0.5) is 26.3 Å². The van der Waals surface area contributed by atoms with Crippen LogP contribution in [0.1, 0.15) is 58.8 Å². The highest BCUT2D eigenvalue weighted by molar-refractivity contribution is 5.98. The predicted octanol–water partition coefficient (Wildman–Crippen LogP) is 4.86. The van der Waals surface area contributed by atoms with Gasteiger partial charge in [0, 0.05) is 35.7 Å².